The first-order chi connectivity index (χ1) is 15.2. The minimum absolute atomic E-state index is 0. The van der Waals surface area contributed by atoms with Crippen LogP contribution in [-0.4, -0.2) is 11.4 Å². The van der Waals surface area contributed by atoms with Gasteiger partial charge in [-0.3, -0.25) is 9.98 Å². The Morgan fingerprint density at radius 1 is 0.500 bits per heavy atom. The predicted molar refractivity (Wildman–Crippen MR) is 160 cm³/mol. The van der Waals surface area contributed by atoms with Gasteiger partial charge in [0.2, 0.25) is 0 Å². The Morgan fingerprint density at radius 2 is 0.778 bits per heavy atom. The smallest absolute Gasteiger partial charge is 0.0673 e. The van der Waals surface area contributed by atoms with Crippen LogP contribution in [0.2, 0.25) is 0 Å². The van der Waals surface area contributed by atoms with E-state index in [2.05, 4.69) is 133 Å². The van der Waals surface area contributed by atoms with Crippen molar-refractivity contribution in [1.82, 2.24) is 0 Å². The molecule has 0 heterocycles. The molecular formula is C33H51N2Ni-. The summed E-state index contributed by atoms with van der Waals surface area (Å²) in [5, 5.41) is 0. The minimum atomic E-state index is 0. The molecule has 2 nitrogen and oxygen atoms in total. The van der Waals surface area contributed by atoms with Crippen molar-refractivity contribution in [2.75, 3.05) is 0 Å². The Morgan fingerprint density at radius 3 is 1.00 bits per heavy atom. The number of rotatable bonds is 3. The van der Waals surface area contributed by atoms with Crippen LogP contribution in [0.5, 0.6) is 0 Å². The van der Waals surface area contributed by atoms with Crippen LogP contribution in [-0.2, 0) is 38.2 Å². The molecule has 2 rings (SSSR count). The third kappa shape index (κ3) is 8.69. The molecule has 0 fully saturated rings. The van der Waals surface area contributed by atoms with Crippen molar-refractivity contribution in [3.63, 3.8) is 0 Å². The summed E-state index contributed by atoms with van der Waals surface area (Å²) in [4.78, 5) is 10.3. The van der Waals surface area contributed by atoms with Crippen molar-refractivity contribution in [2.45, 2.75) is 119 Å². The summed E-state index contributed by atoms with van der Waals surface area (Å²) in [6.45, 7) is 31.2. The first-order valence-electron chi connectivity index (χ1n) is 12.6. The molecule has 2 aromatic rings. The van der Waals surface area contributed by atoms with Crippen molar-refractivity contribution in [3.8, 4) is 0 Å². The number of hydrogen-bond donors (Lipinski definition) is 0. The average Bonchev–Trinajstić information content (AvgIpc) is 2.64. The quantitative estimate of drug-likeness (QED) is 0.213. The van der Waals surface area contributed by atoms with Crippen molar-refractivity contribution in [1.29, 1.82) is 0 Å². The third-order valence-corrected chi connectivity index (χ3v) is 6.44. The Labute approximate surface area is 233 Å². The van der Waals surface area contributed by atoms with Crippen molar-refractivity contribution < 1.29 is 16.5 Å². The first-order valence-corrected chi connectivity index (χ1v) is 12.6. The van der Waals surface area contributed by atoms with Crippen LogP contribution in [0.1, 0.15) is 119 Å². The van der Waals surface area contributed by atoms with Crippen molar-refractivity contribution in [2.24, 2.45) is 9.98 Å². The second kappa shape index (κ2) is 11.8. The predicted octanol–water partition coefficient (Wildman–Crippen LogP) is 10.2. The van der Waals surface area contributed by atoms with Gasteiger partial charge in [-0.05, 0) is 69.9 Å². The Kier molecular flexibility index (Phi) is 11.2. The van der Waals surface area contributed by atoms with Crippen LogP contribution < -0.4 is 0 Å². The number of hydrogen-bond acceptors (Lipinski definition) is 2. The molecule has 2 aromatic carbocycles. The molecule has 0 spiro atoms. The summed E-state index contributed by atoms with van der Waals surface area (Å²) in [6.07, 6.45) is 0. The number of aliphatic imine (C=N–C) groups is 2. The topological polar surface area (TPSA) is 24.7 Å². The molecule has 0 amide bonds. The van der Waals surface area contributed by atoms with E-state index in [1.807, 2.05) is 0 Å². The fraction of sp³-hybridized carbons (Fsp3) is 0.545. The standard InChI is InChI=1S/C32H48N2.CH3.Ni/c1-21(33-27-19-23(29(3,4)5)15-17-25(27)31(9,10)11)22(2)34-28-20-24(30(6,7)8)16-18-26(28)32(12,13)14;;/h15-20H,1-14H3;1H3;/q;-1;. The van der Waals surface area contributed by atoms with Gasteiger partial charge in [-0.2, -0.15) is 0 Å². The van der Waals surface area contributed by atoms with E-state index in [1.165, 1.54) is 22.3 Å². The van der Waals surface area contributed by atoms with Crippen molar-refractivity contribution in [3.05, 3.63) is 66.1 Å². The zero-order valence-electron chi connectivity index (χ0n) is 25.7. The maximum Gasteiger partial charge on any atom is 0.0673 e. The molecule has 0 saturated carbocycles. The molecule has 3 heteroatoms. The molecule has 0 N–H and O–H groups in total. The molecule has 0 aliphatic heterocycles. The zero-order chi connectivity index (χ0) is 26.3. The van der Waals surface area contributed by atoms with E-state index < -0.39 is 0 Å². The molecule has 0 aromatic heterocycles. The average molecular weight is 534 g/mol. The van der Waals surface area contributed by atoms with Gasteiger partial charge in [0.25, 0.3) is 0 Å². The minimum Gasteiger partial charge on any atom is -0.358 e. The molecule has 0 unspecified atom stereocenters. The van der Waals surface area contributed by atoms with Gasteiger partial charge in [0.05, 0.1) is 22.8 Å². The largest absolute Gasteiger partial charge is 0.358 e. The van der Waals surface area contributed by atoms with Crippen LogP contribution in [0.25, 0.3) is 0 Å². The molecule has 0 aliphatic rings. The van der Waals surface area contributed by atoms with E-state index >= 15 is 0 Å². The summed E-state index contributed by atoms with van der Waals surface area (Å²) >= 11 is 0. The summed E-state index contributed by atoms with van der Waals surface area (Å²) in [7, 11) is 0. The molecule has 0 radical (unpaired) electrons. The Hall–Kier alpha value is -1.73. The van der Waals surface area contributed by atoms with Gasteiger partial charge in [-0.15, -0.1) is 0 Å². The fourth-order valence-electron chi connectivity index (χ4n) is 3.97. The molecule has 204 valence electrons. The number of benzene rings is 2. The molecule has 0 aliphatic carbocycles. The zero-order valence-corrected chi connectivity index (χ0v) is 26.7. The molecule has 0 atom stereocenters. The van der Waals surface area contributed by atoms with E-state index in [0.717, 1.165) is 22.8 Å². The van der Waals surface area contributed by atoms with Gasteiger partial charge in [-0.1, -0.05) is 107 Å². The molecule has 0 saturated heterocycles. The van der Waals surface area contributed by atoms with E-state index in [1.54, 1.807) is 0 Å². The van der Waals surface area contributed by atoms with Gasteiger partial charge >= 0.3 is 0 Å². The van der Waals surface area contributed by atoms with Crippen LogP contribution >= 0.6 is 0 Å². The Balaban J connectivity index is 0.00000612. The second-order valence-electron chi connectivity index (χ2n) is 13.9. The van der Waals surface area contributed by atoms with Crippen LogP contribution in [0, 0.1) is 7.43 Å². The van der Waals surface area contributed by atoms with E-state index in [-0.39, 0.29) is 45.6 Å². The molecule has 36 heavy (non-hydrogen) atoms. The summed E-state index contributed by atoms with van der Waals surface area (Å²) in [5.41, 5.74) is 9.31. The maximum absolute atomic E-state index is 5.14. The van der Waals surface area contributed by atoms with Crippen molar-refractivity contribution >= 4 is 22.8 Å². The van der Waals surface area contributed by atoms with Gasteiger partial charge in [0, 0.05) is 16.5 Å². The van der Waals surface area contributed by atoms with Crippen LogP contribution in [0.3, 0.4) is 0 Å². The van der Waals surface area contributed by atoms with E-state index in [4.69, 9.17) is 9.98 Å². The van der Waals surface area contributed by atoms with E-state index in [9.17, 15) is 0 Å². The Bertz CT molecular complexity index is 1000. The summed E-state index contributed by atoms with van der Waals surface area (Å²) in [5.74, 6) is 0. The monoisotopic (exact) mass is 533 g/mol. The normalized spacial score (nSPS) is 13.7. The first kappa shape index (κ1) is 34.3. The summed E-state index contributed by atoms with van der Waals surface area (Å²) in [6, 6.07) is 13.5. The SMILES string of the molecule is CC(=Nc1cc(C(C)(C)C)ccc1C(C)(C)C)C(C)=Nc1cc(C(C)(C)C)ccc1C(C)(C)C.[CH3-].[Ni]. The molecular weight excluding hydrogens is 483 g/mol. The van der Waals surface area contributed by atoms with Crippen LogP contribution in [0.4, 0.5) is 11.4 Å². The maximum atomic E-state index is 5.14. The van der Waals surface area contributed by atoms with Crippen LogP contribution in [0.15, 0.2) is 46.4 Å². The van der Waals surface area contributed by atoms with Gasteiger partial charge < -0.3 is 7.43 Å². The van der Waals surface area contributed by atoms with E-state index in [0.29, 0.717) is 0 Å². The van der Waals surface area contributed by atoms with Gasteiger partial charge in [0.15, 0.2) is 0 Å². The summed E-state index contributed by atoms with van der Waals surface area (Å²) < 4.78 is 0. The molecule has 0 bridgehead atoms. The second-order valence-corrected chi connectivity index (χ2v) is 13.9. The van der Waals surface area contributed by atoms with Gasteiger partial charge in [-0.25, -0.2) is 0 Å². The third-order valence-electron chi connectivity index (χ3n) is 6.44. The van der Waals surface area contributed by atoms with Gasteiger partial charge in [0.1, 0.15) is 0 Å². The fourth-order valence-corrected chi connectivity index (χ4v) is 3.97. The number of nitrogens with zero attached hydrogens (tertiary/aromatic N) is 2.